The fourth-order valence-electron chi connectivity index (χ4n) is 1.56. The fourth-order valence-corrected chi connectivity index (χ4v) is 2.13. The van der Waals surface area contributed by atoms with Crippen LogP contribution in [0.5, 0.6) is 11.5 Å². The smallest absolute Gasteiger partial charge is 0.132 e. The van der Waals surface area contributed by atoms with Gasteiger partial charge in [-0.3, -0.25) is 0 Å². The Labute approximate surface area is 102 Å². The molecule has 4 heteroatoms. The Kier molecular flexibility index (Phi) is 4.96. The van der Waals surface area contributed by atoms with Gasteiger partial charge in [-0.2, -0.15) is 0 Å². The zero-order valence-electron chi connectivity index (χ0n) is 10.5. The first-order chi connectivity index (χ1) is 7.62. The number of nitrogens with zero attached hydrogens (tertiary/aromatic N) is 1. The van der Waals surface area contributed by atoms with Crippen LogP contribution in [0.3, 0.4) is 0 Å². The molecule has 0 aliphatic heterocycles. The van der Waals surface area contributed by atoms with Crippen LogP contribution >= 0.6 is 11.8 Å². The highest BCUT2D eigenvalue weighted by atomic mass is 32.2. The lowest BCUT2D eigenvalue weighted by Crippen LogP contribution is -2.11. The van der Waals surface area contributed by atoms with Crippen molar-refractivity contribution in [3.8, 4) is 11.5 Å². The number of thioether (sulfide) groups is 1. The molecule has 0 heterocycles. The number of ether oxygens (including phenoxy) is 2. The highest BCUT2D eigenvalue weighted by molar-refractivity contribution is 7.98. The van der Waals surface area contributed by atoms with E-state index in [1.165, 1.54) is 0 Å². The van der Waals surface area contributed by atoms with Crippen LogP contribution < -0.4 is 9.47 Å². The van der Waals surface area contributed by atoms with Crippen LogP contribution in [0.15, 0.2) is 17.0 Å². The summed E-state index contributed by atoms with van der Waals surface area (Å²) >= 11 is 1.66. The lowest BCUT2D eigenvalue weighted by atomic mass is 10.2. The average molecular weight is 241 g/mol. The molecule has 0 aromatic heterocycles. The van der Waals surface area contributed by atoms with E-state index in [1.54, 1.807) is 26.0 Å². The van der Waals surface area contributed by atoms with Crippen LogP contribution in [0, 0.1) is 0 Å². The molecule has 1 aromatic carbocycles. The van der Waals surface area contributed by atoms with Crippen molar-refractivity contribution >= 4 is 11.8 Å². The molecule has 0 aliphatic rings. The summed E-state index contributed by atoms with van der Waals surface area (Å²) in [6.07, 6.45) is 2.03. The summed E-state index contributed by atoms with van der Waals surface area (Å²) in [5.74, 6) is 1.82. The minimum atomic E-state index is 0.841. The van der Waals surface area contributed by atoms with E-state index >= 15 is 0 Å². The van der Waals surface area contributed by atoms with Crippen molar-refractivity contribution in [1.29, 1.82) is 0 Å². The van der Waals surface area contributed by atoms with Crippen molar-refractivity contribution in [2.75, 3.05) is 34.6 Å². The molecule has 0 saturated heterocycles. The summed E-state index contributed by atoms with van der Waals surface area (Å²) in [4.78, 5) is 3.21. The molecule has 0 fully saturated rings. The quantitative estimate of drug-likeness (QED) is 0.738. The Morgan fingerprint density at radius 2 is 1.75 bits per heavy atom. The van der Waals surface area contributed by atoms with Gasteiger partial charge in [-0.25, -0.2) is 0 Å². The standard InChI is InChI=1S/C12H19NO2S/c1-13(2)8-9-6-11(15-4)12(16-5)7-10(9)14-3/h6-7H,8H2,1-5H3. The van der Waals surface area contributed by atoms with Gasteiger partial charge < -0.3 is 14.4 Å². The zero-order valence-corrected chi connectivity index (χ0v) is 11.4. The topological polar surface area (TPSA) is 21.7 Å². The normalized spacial score (nSPS) is 10.6. The number of rotatable bonds is 5. The van der Waals surface area contributed by atoms with E-state index in [9.17, 15) is 0 Å². The minimum Gasteiger partial charge on any atom is -0.496 e. The maximum atomic E-state index is 5.39. The third-order valence-electron chi connectivity index (χ3n) is 2.27. The summed E-state index contributed by atoms with van der Waals surface area (Å²) in [7, 11) is 7.47. The first-order valence-corrected chi connectivity index (χ1v) is 6.28. The van der Waals surface area contributed by atoms with Gasteiger partial charge in [-0.1, -0.05) is 0 Å². The third kappa shape index (κ3) is 3.06. The summed E-state index contributed by atoms with van der Waals surface area (Å²) in [6, 6.07) is 4.08. The van der Waals surface area contributed by atoms with Crippen molar-refractivity contribution in [1.82, 2.24) is 4.90 Å². The Balaban J connectivity index is 3.15. The van der Waals surface area contributed by atoms with E-state index in [2.05, 4.69) is 4.90 Å². The Morgan fingerprint density at radius 1 is 1.12 bits per heavy atom. The maximum Gasteiger partial charge on any atom is 0.132 e. The van der Waals surface area contributed by atoms with Gasteiger partial charge in [-0.15, -0.1) is 11.8 Å². The van der Waals surface area contributed by atoms with E-state index in [0.29, 0.717) is 0 Å². The lowest BCUT2D eigenvalue weighted by molar-refractivity contribution is 0.363. The van der Waals surface area contributed by atoms with E-state index in [1.807, 2.05) is 32.5 Å². The highest BCUT2D eigenvalue weighted by Gasteiger charge is 2.11. The first-order valence-electron chi connectivity index (χ1n) is 5.06. The second-order valence-electron chi connectivity index (χ2n) is 3.76. The molecule has 0 bridgehead atoms. The number of benzene rings is 1. The molecule has 0 amide bonds. The molecule has 0 N–H and O–H groups in total. The van der Waals surface area contributed by atoms with Gasteiger partial charge >= 0.3 is 0 Å². The largest absolute Gasteiger partial charge is 0.496 e. The number of hydrogen-bond donors (Lipinski definition) is 0. The number of hydrogen-bond acceptors (Lipinski definition) is 4. The van der Waals surface area contributed by atoms with Gasteiger partial charge in [0.2, 0.25) is 0 Å². The maximum absolute atomic E-state index is 5.39. The Bertz CT molecular complexity index is 353. The second kappa shape index (κ2) is 6.01. The molecule has 0 saturated carbocycles. The van der Waals surface area contributed by atoms with Crippen LogP contribution in [0.1, 0.15) is 5.56 Å². The summed E-state index contributed by atoms with van der Waals surface area (Å²) in [6.45, 7) is 0.841. The second-order valence-corrected chi connectivity index (χ2v) is 4.60. The van der Waals surface area contributed by atoms with Crippen molar-refractivity contribution in [3.05, 3.63) is 17.7 Å². The van der Waals surface area contributed by atoms with E-state index < -0.39 is 0 Å². The van der Waals surface area contributed by atoms with Crippen molar-refractivity contribution in [2.24, 2.45) is 0 Å². The molecule has 0 spiro atoms. The predicted molar refractivity (Wildman–Crippen MR) is 68.7 cm³/mol. The Hall–Kier alpha value is -0.870. The van der Waals surface area contributed by atoms with Gasteiger partial charge in [-0.05, 0) is 32.5 Å². The van der Waals surface area contributed by atoms with E-state index in [-0.39, 0.29) is 0 Å². The van der Waals surface area contributed by atoms with Gasteiger partial charge in [0.1, 0.15) is 11.5 Å². The SMILES string of the molecule is COc1cc(SC)c(OC)cc1CN(C)C. The van der Waals surface area contributed by atoms with Gasteiger partial charge in [0.15, 0.2) is 0 Å². The van der Waals surface area contributed by atoms with Crippen LogP contribution in [-0.4, -0.2) is 39.5 Å². The molecule has 0 radical (unpaired) electrons. The summed E-state index contributed by atoms with van der Waals surface area (Å²) < 4.78 is 10.8. The fraction of sp³-hybridized carbons (Fsp3) is 0.500. The van der Waals surface area contributed by atoms with E-state index in [0.717, 1.165) is 28.5 Å². The molecular formula is C12H19NO2S. The summed E-state index contributed by atoms with van der Waals surface area (Å²) in [5.41, 5.74) is 1.14. The summed E-state index contributed by atoms with van der Waals surface area (Å²) in [5, 5.41) is 0. The molecule has 16 heavy (non-hydrogen) atoms. The molecule has 90 valence electrons. The average Bonchev–Trinajstić information content (AvgIpc) is 2.27. The van der Waals surface area contributed by atoms with Crippen LogP contribution in [0.4, 0.5) is 0 Å². The van der Waals surface area contributed by atoms with E-state index in [4.69, 9.17) is 9.47 Å². The number of methoxy groups -OCH3 is 2. The Morgan fingerprint density at radius 3 is 2.19 bits per heavy atom. The monoisotopic (exact) mass is 241 g/mol. The van der Waals surface area contributed by atoms with Gasteiger partial charge in [0.25, 0.3) is 0 Å². The lowest BCUT2D eigenvalue weighted by Gasteiger charge is -2.16. The van der Waals surface area contributed by atoms with Crippen LogP contribution in [0.2, 0.25) is 0 Å². The molecule has 0 atom stereocenters. The van der Waals surface area contributed by atoms with Crippen LogP contribution in [-0.2, 0) is 6.54 Å². The molecule has 1 rings (SSSR count). The van der Waals surface area contributed by atoms with Crippen molar-refractivity contribution in [2.45, 2.75) is 11.4 Å². The van der Waals surface area contributed by atoms with Crippen molar-refractivity contribution < 1.29 is 9.47 Å². The molecule has 0 unspecified atom stereocenters. The molecule has 1 aromatic rings. The third-order valence-corrected chi connectivity index (χ3v) is 3.03. The minimum absolute atomic E-state index is 0.841. The van der Waals surface area contributed by atoms with Gasteiger partial charge in [0.05, 0.1) is 19.1 Å². The predicted octanol–water partition coefficient (Wildman–Crippen LogP) is 2.49. The van der Waals surface area contributed by atoms with Crippen molar-refractivity contribution in [3.63, 3.8) is 0 Å². The molecule has 3 nitrogen and oxygen atoms in total. The first kappa shape index (κ1) is 13.2. The molecular weight excluding hydrogens is 222 g/mol. The zero-order chi connectivity index (χ0) is 12.1. The van der Waals surface area contributed by atoms with Crippen LogP contribution in [0.25, 0.3) is 0 Å². The highest BCUT2D eigenvalue weighted by Crippen LogP contribution is 2.34. The van der Waals surface area contributed by atoms with Gasteiger partial charge in [0, 0.05) is 12.1 Å². The molecule has 0 aliphatic carbocycles.